The highest BCUT2D eigenvalue weighted by atomic mass is 32.3. The molecule has 0 aliphatic rings. The number of ether oxygens (including phenoxy) is 1. The van der Waals surface area contributed by atoms with Crippen LogP contribution in [0.1, 0.15) is 5.56 Å². The highest BCUT2D eigenvalue weighted by molar-refractivity contribution is 7.80. The van der Waals surface area contributed by atoms with Gasteiger partial charge in [0, 0.05) is 0 Å². The van der Waals surface area contributed by atoms with Crippen molar-refractivity contribution in [1.29, 1.82) is 0 Å². The lowest BCUT2D eigenvalue weighted by atomic mass is 10.2. The maximum absolute atomic E-state index is 10.5. The summed E-state index contributed by atoms with van der Waals surface area (Å²) >= 11 is 0. The van der Waals surface area contributed by atoms with Crippen molar-refractivity contribution in [1.82, 2.24) is 0 Å². The molecule has 0 saturated carbocycles. The van der Waals surface area contributed by atoms with Gasteiger partial charge in [0.05, 0.1) is 22.7 Å². The Morgan fingerprint density at radius 1 is 0.781 bits per heavy atom. The van der Waals surface area contributed by atoms with Crippen LogP contribution >= 0.6 is 0 Å². The molecule has 2 N–H and O–H groups in total. The maximum atomic E-state index is 10.5. The van der Waals surface area contributed by atoms with Gasteiger partial charge >= 0.3 is 10.4 Å². The van der Waals surface area contributed by atoms with Gasteiger partial charge in [-0.25, -0.2) is 4.18 Å². The van der Waals surface area contributed by atoms with Crippen LogP contribution in [0.2, 0.25) is 0 Å². The quantitative estimate of drug-likeness (QED) is 0.239. The molecule has 3 aromatic carbocycles. The summed E-state index contributed by atoms with van der Waals surface area (Å²) in [4.78, 5) is 0. The smallest absolute Gasteiger partial charge is 0.397 e. The van der Waals surface area contributed by atoms with Crippen molar-refractivity contribution in [3.05, 3.63) is 72.3 Å². The first kappa shape index (κ1) is 23.0. The van der Waals surface area contributed by atoms with E-state index in [1.54, 1.807) is 42.5 Å². The molecule has 3 aromatic rings. The second kappa shape index (κ2) is 10.6. The number of hydrogen-bond acceptors (Lipinski definition) is 9. The summed E-state index contributed by atoms with van der Waals surface area (Å²) in [5.41, 5.74) is 3.35. The molecule has 0 fully saturated rings. The minimum Gasteiger partial charge on any atom is -0.508 e. The number of hydrogen-bond donors (Lipinski definition) is 2. The Balaban J connectivity index is 1.61. The maximum Gasteiger partial charge on any atom is 0.397 e. The fourth-order valence-corrected chi connectivity index (χ4v) is 2.70. The number of phenols is 1. The second-order valence-electron chi connectivity index (χ2n) is 6.48. The zero-order valence-corrected chi connectivity index (χ0v) is 17.8. The summed E-state index contributed by atoms with van der Waals surface area (Å²) in [6.07, 6.45) is 0. The van der Waals surface area contributed by atoms with E-state index in [9.17, 15) is 13.5 Å². The Hall–Kier alpha value is -3.67. The van der Waals surface area contributed by atoms with Gasteiger partial charge in [-0.15, -0.1) is 0 Å². The molecule has 0 atom stereocenters. The van der Waals surface area contributed by atoms with Gasteiger partial charge in [0.2, 0.25) is 0 Å². The van der Waals surface area contributed by atoms with Crippen LogP contribution in [-0.4, -0.2) is 31.3 Å². The molecule has 166 valence electrons. The number of aromatic hydroxyl groups is 1. The van der Waals surface area contributed by atoms with Crippen molar-refractivity contribution in [2.24, 2.45) is 20.5 Å². The topological polar surface area (TPSA) is 142 Å². The minimum atomic E-state index is -4.47. The Labute approximate surface area is 184 Å². The average Bonchev–Trinajstić information content (AvgIpc) is 2.76. The first-order valence-electron chi connectivity index (χ1n) is 9.36. The van der Waals surface area contributed by atoms with Gasteiger partial charge in [-0.3, -0.25) is 4.55 Å². The zero-order chi connectivity index (χ0) is 23.0. The van der Waals surface area contributed by atoms with Gasteiger partial charge in [0.25, 0.3) is 0 Å². The first-order valence-corrected chi connectivity index (χ1v) is 10.7. The lowest BCUT2D eigenvalue weighted by molar-refractivity contribution is 0.202. The zero-order valence-electron chi connectivity index (χ0n) is 17.0. The highest BCUT2D eigenvalue weighted by Gasteiger charge is 2.04. The van der Waals surface area contributed by atoms with Crippen LogP contribution in [0.25, 0.3) is 0 Å². The van der Waals surface area contributed by atoms with Crippen molar-refractivity contribution in [2.75, 3.05) is 13.2 Å². The molecule has 0 amide bonds. The number of azo groups is 2. The summed E-state index contributed by atoms with van der Waals surface area (Å²) < 4.78 is 38.9. The largest absolute Gasteiger partial charge is 0.508 e. The third-order valence-electron chi connectivity index (χ3n) is 4.02. The molecule has 0 aliphatic heterocycles. The van der Waals surface area contributed by atoms with E-state index in [2.05, 4.69) is 24.6 Å². The lowest BCUT2D eigenvalue weighted by Gasteiger charge is -2.05. The number of aryl methyl sites for hydroxylation is 1. The van der Waals surface area contributed by atoms with Gasteiger partial charge in [-0.1, -0.05) is 6.07 Å². The van der Waals surface area contributed by atoms with Crippen LogP contribution in [-0.2, 0) is 14.6 Å². The van der Waals surface area contributed by atoms with Crippen molar-refractivity contribution >= 4 is 33.1 Å². The van der Waals surface area contributed by atoms with E-state index < -0.39 is 10.4 Å². The Morgan fingerprint density at radius 3 is 2.00 bits per heavy atom. The average molecular weight is 456 g/mol. The van der Waals surface area contributed by atoms with Crippen molar-refractivity contribution < 1.29 is 27.0 Å². The minimum absolute atomic E-state index is 0.0503. The Morgan fingerprint density at radius 2 is 1.34 bits per heavy atom. The fraction of sp³-hybridized carbons (Fsp3) is 0.143. The molecule has 0 bridgehead atoms. The van der Waals surface area contributed by atoms with Crippen LogP contribution in [0.3, 0.4) is 0 Å². The summed E-state index contributed by atoms with van der Waals surface area (Å²) in [5.74, 6) is 0.642. The molecule has 0 spiro atoms. The molecule has 0 saturated heterocycles. The summed E-state index contributed by atoms with van der Waals surface area (Å²) in [6, 6.07) is 18.5. The van der Waals surface area contributed by atoms with E-state index >= 15 is 0 Å². The van der Waals surface area contributed by atoms with Gasteiger partial charge < -0.3 is 9.84 Å². The standard InChI is InChI=1S/C21H20N4O6S/c1-15-2-3-18(24-22-16-4-8-19(26)9-5-16)14-21(15)25-23-17-6-10-20(11-7-17)30-12-13-31-32(27,28)29/h2-11,14,26H,12-13H2,1H3,(H,27,28,29). The molecule has 0 aromatic heterocycles. The molecule has 0 radical (unpaired) electrons. The fourth-order valence-electron chi connectivity index (χ4n) is 2.42. The third-order valence-corrected chi connectivity index (χ3v) is 4.48. The van der Waals surface area contributed by atoms with Gasteiger partial charge in [-0.2, -0.15) is 28.9 Å². The number of rotatable bonds is 9. The van der Waals surface area contributed by atoms with E-state index in [0.717, 1.165) is 5.56 Å². The van der Waals surface area contributed by atoms with E-state index in [1.807, 2.05) is 19.1 Å². The van der Waals surface area contributed by atoms with Crippen LogP contribution in [0.5, 0.6) is 11.5 Å². The summed E-state index contributed by atoms with van der Waals surface area (Å²) in [7, 11) is -4.47. The molecule has 0 aliphatic carbocycles. The van der Waals surface area contributed by atoms with Crippen molar-refractivity contribution in [2.45, 2.75) is 6.92 Å². The summed E-state index contributed by atoms with van der Waals surface area (Å²) in [5, 5.41) is 26.1. The van der Waals surface area contributed by atoms with E-state index in [0.29, 0.717) is 28.5 Å². The third kappa shape index (κ3) is 7.54. The van der Waals surface area contributed by atoms with Gasteiger partial charge in [0.1, 0.15) is 24.7 Å². The predicted molar refractivity (Wildman–Crippen MR) is 117 cm³/mol. The summed E-state index contributed by atoms with van der Waals surface area (Å²) in [6.45, 7) is 1.55. The Bertz CT molecular complexity index is 1210. The predicted octanol–water partition coefficient (Wildman–Crippen LogP) is 5.73. The van der Waals surface area contributed by atoms with Crippen LogP contribution in [0.4, 0.5) is 22.7 Å². The Kier molecular flexibility index (Phi) is 7.60. The first-order chi connectivity index (χ1) is 15.3. The number of phenolic OH excluding ortho intramolecular Hbond substituents is 1. The van der Waals surface area contributed by atoms with Crippen LogP contribution < -0.4 is 4.74 Å². The van der Waals surface area contributed by atoms with E-state index in [-0.39, 0.29) is 19.0 Å². The molecule has 0 heterocycles. The number of benzene rings is 3. The van der Waals surface area contributed by atoms with Crippen molar-refractivity contribution in [3.8, 4) is 11.5 Å². The number of nitrogens with zero attached hydrogens (tertiary/aromatic N) is 4. The molecule has 0 unspecified atom stereocenters. The van der Waals surface area contributed by atoms with E-state index in [4.69, 9.17) is 9.29 Å². The lowest BCUT2D eigenvalue weighted by Crippen LogP contribution is -2.11. The second-order valence-corrected chi connectivity index (χ2v) is 7.57. The van der Waals surface area contributed by atoms with Gasteiger partial charge in [0.15, 0.2) is 0 Å². The highest BCUT2D eigenvalue weighted by Crippen LogP contribution is 2.29. The SMILES string of the molecule is Cc1ccc(N=Nc2ccc(O)cc2)cc1N=Nc1ccc(OCCOS(=O)(=O)O)cc1. The molecular weight excluding hydrogens is 436 g/mol. The molecule has 10 nitrogen and oxygen atoms in total. The van der Waals surface area contributed by atoms with Gasteiger partial charge in [-0.05, 0) is 73.2 Å². The van der Waals surface area contributed by atoms with Crippen LogP contribution in [0.15, 0.2) is 87.2 Å². The molecule has 11 heteroatoms. The van der Waals surface area contributed by atoms with E-state index in [1.165, 1.54) is 12.1 Å². The normalized spacial score (nSPS) is 11.9. The van der Waals surface area contributed by atoms with Crippen molar-refractivity contribution in [3.63, 3.8) is 0 Å². The molecule has 3 rings (SSSR count). The molecular formula is C21H20N4O6S. The van der Waals surface area contributed by atoms with Crippen LogP contribution in [0, 0.1) is 6.92 Å². The molecule has 32 heavy (non-hydrogen) atoms. The monoisotopic (exact) mass is 456 g/mol.